The second kappa shape index (κ2) is 5.06. The average molecular weight is 274 g/mol. The van der Waals surface area contributed by atoms with Gasteiger partial charge in [0.2, 0.25) is 5.95 Å². The van der Waals surface area contributed by atoms with E-state index in [9.17, 15) is 0 Å². The van der Waals surface area contributed by atoms with Gasteiger partial charge < -0.3 is 14.8 Å². The van der Waals surface area contributed by atoms with Crippen molar-refractivity contribution < 1.29 is 0 Å². The van der Waals surface area contributed by atoms with Crippen LogP contribution in [0.15, 0.2) is 6.20 Å². The molecule has 4 heteroatoms. The number of rotatable bonds is 3. The standard InChI is InChI=1S/C16H26N4/c1-2-14-11-20(15-5-3-4-6-15)16(18-14)19-9-12-7-17-8-13(12)10-19/h11-13,15,17H,2-10H2,1H3/t12-,13+. The number of nitrogens with zero attached hydrogens (tertiary/aromatic N) is 3. The second-order valence-electron chi connectivity index (χ2n) is 6.81. The first kappa shape index (κ1) is 12.7. The Morgan fingerprint density at radius 1 is 1.20 bits per heavy atom. The van der Waals surface area contributed by atoms with Gasteiger partial charge in [-0.2, -0.15) is 0 Å². The van der Waals surface area contributed by atoms with Crippen molar-refractivity contribution in [1.82, 2.24) is 14.9 Å². The van der Waals surface area contributed by atoms with Gasteiger partial charge in [0.05, 0.1) is 5.69 Å². The number of hydrogen-bond donors (Lipinski definition) is 1. The van der Waals surface area contributed by atoms with E-state index >= 15 is 0 Å². The zero-order valence-corrected chi connectivity index (χ0v) is 12.5. The van der Waals surface area contributed by atoms with Crippen LogP contribution in [-0.4, -0.2) is 35.7 Å². The highest BCUT2D eigenvalue weighted by atomic mass is 15.3. The molecule has 0 bridgehead atoms. The minimum Gasteiger partial charge on any atom is -0.342 e. The molecule has 1 aromatic heterocycles. The minimum absolute atomic E-state index is 0.705. The Morgan fingerprint density at radius 3 is 2.55 bits per heavy atom. The summed E-state index contributed by atoms with van der Waals surface area (Å²) in [5.74, 6) is 2.95. The van der Waals surface area contributed by atoms with E-state index in [4.69, 9.17) is 4.98 Å². The summed E-state index contributed by atoms with van der Waals surface area (Å²) in [7, 11) is 0. The highest BCUT2D eigenvalue weighted by molar-refractivity contribution is 5.37. The van der Waals surface area contributed by atoms with Crippen LogP contribution in [0.4, 0.5) is 5.95 Å². The first-order valence-electron chi connectivity index (χ1n) is 8.38. The molecule has 0 spiro atoms. The van der Waals surface area contributed by atoms with Crippen LogP contribution in [0.5, 0.6) is 0 Å². The van der Waals surface area contributed by atoms with Gasteiger partial charge in [0.1, 0.15) is 0 Å². The molecule has 0 radical (unpaired) electrons. The first-order chi connectivity index (χ1) is 9.85. The molecule has 0 unspecified atom stereocenters. The quantitative estimate of drug-likeness (QED) is 0.917. The first-order valence-corrected chi connectivity index (χ1v) is 8.38. The monoisotopic (exact) mass is 274 g/mol. The smallest absolute Gasteiger partial charge is 0.205 e. The highest BCUT2D eigenvalue weighted by Gasteiger charge is 2.38. The van der Waals surface area contributed by atoms with Crippen LogP contribution in [-0.2, 0) is 6.42 Å². The Bertz CT molecular complexity index is 463. The van der Waals surface area contributed by atoms with Gasteiger partial charge in [0, 0.05) is 38.4 Å². The van der Waals surface area contributed by atoms with E-state index in [1.54, 1.807) is 0 Å². The normalized spacial score (nSPS) is 30.4. The molecule has 3 heterocycles. The lowest BCUT2D eigenvalue weighted by molar-refractivity contribution is 0.513. The third kappa shape index (κ3) is 2.05. The molecule has 4 nitrogen and oxygen atoms in total. The number of fused-ring (bicyclic) bond motifs is 1. The maximum Gasteiger partial charge on any atom is 0.205 e. The number of hydrogen-bond acceptors (Lipinski definition) is 3. The number of anilines is 1. The molecular weight excluding hydrogens is 248 g/mol. The molecule has 1 saturated carbocycles. The van der Waals surface area contributed by atoms with Gasteiger partial charge in [-0.15, -0.1) is 0 Å². The minimum atomic E-state index is 0.705. The van der Waals surface area contributed by atoms with E-state index in [0.717, 1.165) is 18.3 Å². The van der Waals surface area contributed by atoms with Crippen LogP contribution in [0.3, 0.4) is 0 Å². The average Bonchev–Trinajstić information content (AvgIpc) is 3.20. The summed E-state index contributed by atoms with van der Waals surface area (Å²) in [5.41, 5.74) is 1.27. The molecule has 2 aliphatic heterocycles. The number of aromatic nitrogens is 2. The fourth-order valence-electron chi connectivity index (χ4n) is 4.31. The summed E-state index contributed by atoms with van der Waals surface area (Å²) >= 11 is 0. The Morgan fingerprint density at radius 2 is 1.90 bits per heavy atom. The third-order valence-electron chi connectivity index (χ3n) is 5.52. The molecule has 1 N–H and O–H groups in total. The fraction of sp³-hybridized carbons (Fsp3) is 0.812. The summed E-state index contributed by atoms with van der Waals surface area (Å²) < 4.78 is 2.51. The highest BCUT2D eigenvalue weighted by Crippen LogP contribution is 2.36. The summed E-state index contributed by atoms with van der Waals surface area (Å²) in [5, 5.41) is 3.53. The maximum absolute atomic E-state index is 4.95. The van der Waals surface area contributed by atoms with Crippen molar-refractivity contribution in [2.45, 2.75) is 45.1 Å². The van der Waals surface area contributed by atoms with Gasteiger partial charge in [-0.3, -0.25) is 0 Å². The van der Waals surface area contributed by atoms with Crippen LogP contribution < -0.4 is 10.2 Å². The van der Waals surface area contributed by atoms with Crippen LogP contribution in [0.1, 0.15) is 44.3 Å². The van der Waals surface area contributed by atoms with E-state index in [1.807, 2.05) is 0 Å². The van der Waals surface area contributed by atoms with E-state index in [0.29, 0.717) is 6.04 Å². The van der Waals surface area contributed by atoms with E-state index < -0.39 is 0 Å². The van der Waals surface area contributed by atoms with Gasteiger partial charge in [0.15, 0.2) is 0 Å². The SMILES string of the molecule is CCc1cn(C2CCCC2)c(N2C[C@H]3CNC[C@H]3C2)n1. The number of nitrogens with one attached hydrogen (secondary N) is 1. The van der Waals surface area contributed by atoms with Gasteiger partial charge in [-0.1, -0.05) is 19.8 Å². The van der Waals surface area contributed by atoms with Crippen LogP contribution >= 0.6 is 0 Å². The Labute approximate surface area is 121 Å². The fourth-order valence-corrected chi connectivity index (χ4v) is 4.31. The Hall–Kier alpha value is -1.03. The van der Waals surface area contributed by atoms with Crippen molar-refractivity contribution in [2.24, 2.45) is 11.8 Å². The van der Waals surface area contributed by atoms with E-state index in [2.05, 4.69) is 27.9 Å². The lowest BCUT2D eigenvalue weighted by Gasteiger charge is -2.23. The van der Waals surface area contributed by atoms with Crippen LogP contribution in [0, 0.1) is 11.8 Å². The lowest BCUT2D eigenvalue weighted by atomic mass is 10.0. The van der Waals surface area contributed by atoms with Crippen molar-refractivity contribution in [3.05, 3.63) is 11.9 Å². The topological polar surface area (TPSA) is 33.1 Å². The Balaban J connectivity index is 1.61. The summed E-state index contributed by atoms with van der Waals surface area (Å²) in [6.45, 7) is 7.01. The molecule has 20 heavy (non-hydrogen) atoms. The summed E-state index contributed by atoms with van der Waals surface area (Å²) in [6.07, 6.45) is 8.84. The van der Waals surface area contributed by atoms with Crippen molar-refractivity contribution in [3.8, 4) is 0 Å². The van der Waals surface area contributed by atoms with E-state index in [-0.39, 0.29) is 0 Å². The van der Waals surface area contributed by atoms with Gasteiger partial charge in [0.25, 0.3) is 0 Å². The molecule has 2 atom stereocenters. The maximum atomic E-state index is 4.95. The zero-order chi connectivity index (χ0) is 13.5. The van der Waals surface area contributed by atoms with Crippen molar-refractivity contribution in [3.63, 3.8) is 0 Å². The molecule has 1 aliphatic carbocycles. The molecule has 4 rings (SSSR count). The molecule has 3 aliphatic rings. The van der Waals surface area contributed by atoms with Crippen molar-refractivity contribution in [1.29, 1.82) is 0 Å². The molecule has 0 aromatic carbocycles. The van der Waals surface area contributed by atoms with Gasteiger partial charge >= 0.3 is 0 Å². The predicted molar refractivity (Wildman–Crippen MR) is 81.2 cm³/mol. The van der Waals surface area contributed by atoms with Gasteiger partial charge in [-0.05, 0) is 31.1 Å². The molecule has 2 saturated heterocycles. The summed E-state index contributed by atoms with van der Waals surface area (Å²) in [4.78, 5) is 7.51. The molecule has 3 fully saturated rings. The zero-order valence-electron chi connectivity index (χ0n) is 12.5. The Kier molecular flexibility index (Phi) is 3.21. The molecule has 0 amide bonds. The van der Waals surface area contributed by atoms with Crippen molar-refractivity contribution >= 4 is 5.95 Å². The van der Waals surface area contributed by atoms with Crippen LogP contribution in [0.2, 0.25) is 0 Å². The molecular formula is C16H26N4. The van der Waals surface area contributed by atoms with Crippen molar-refractivity contribution in [2.75, 3.05) is 31.1 Å². The largest absolute Gasteiger partial charge is 0.342 e. The summed E-state index contributed by atoms with van der Waals surface area (Å²) in [6, 6.07) is 0.705. The lowest BCUT2D eigenvalue weighted by Crippen LogP contribution is -2.28. The predicted octanol–water partition coefficient (Wildman–Crippen LogP) is 2.22. The number of imidazole rings is 1. The third-order valence-corrected chi connectivity index (χ3v) is 5.52. The second-order valence-corrected chi connectivity index (χ2v) is 6.81. The van der Waals surface area contributed by atoms with E-state index in [1.165, 1.54) is 63.5 Å². The number of aryl methyl sites for hydroxylation is 1. The molecule has 110 valence electrons. The molecule has 1 aromatic rings. The van der Waals surface area contributed by atoms with Gasteiger partial charge in [-0.25, -0.2) is 4.98 Å². The van der Waals surface area contributed by atoms with Crippen LogP contribution in [0.25, 0.3) is 0 Å².